The topological polar surface area (TPSA) is 0 Å². The van der Waals surface area contributed by atoms with E-state index in [1.165, 1.54) is 51.4 Å². The normalized spacial score (nSPS) is 30.9. The zero-order valence-corrected chi connectivity index (χ0v) is 12.6. The van der Waals surface area contributed by atoms with Crippen molar-refractivity contribution >= 4 is 0 Å². The summed E-state index contributed by atoms with van der Waals surface area (Å²) in [4.78, 5) is 0. The third-order valence-corrected chi connectivity index (χ3v) is 5.63. The van der Waals surface area contributed by atoms with E-state index >= 15 is 0 Å². The van der Waals surface area contributed by atoms with Crippen LogP contribution in [0.3, 0.4) is 0 Å². The number of hydrogen-bond acceptors (Lipinski definition) is 0. The lowest BCUT2D eigenvalue weighted by Gasteiger charge is -2.29. The molecule has 0 saturated heterocycles. The molecule has 1 aromatic rings. The van der Waals surface area contributed by atoms with Crippen LogP contribution in [-0.2, 0) is 12.8 Å². The summed E-state index contributed by atoms with van der Waals surface area (Å²) in [6.07, 6.45) is 11.1. The quantitative estimate of drug-likeness (QED) is 0.656. The maximum Gasteiger partial charge on any atom is -0.0162 e. The Bertz CT molecular complexity index is 424. The van der Waals surface area contributed by atoms with Gasteiger partial charge in [-0.1, -0.05) is 51.3 Å². The first kappa shape index (κ1) is 13.2. The average Bonchev–Trinajstić information content (AvgIpc) is 2.47. The highest BCUT2D eigenvalue weighted by molar-refractivity contribution is 5.36. The van der Waals surface area contributed by atoms with Gasteiger partial charge in [0, 0.05) is 0 Å². The predicted octanol–water partition coefficient (Wildman–Crippen LogP) is 5.50. The first-order chi connectivity index (χ1) is 9.26. The molecular formula is C19H28. The van der Waals surface area contributed by atoms with Crippen LogP contribution in [0.2, 0.25) is 0 Å². The van der Waals surface area contributed by atoms with Crippen LogP contribution in [0.25, 0.3) is 0 Å². The van der Waals surface area contributed by atoms with Crippen molar-refractivity contribution in [3.63, 3.8) is 0 Å². The molecule has 0 heterocycles. The van der Waals surface area contributed by atoms with Gasteiger partial charge in [-0.15, -0.1) is 0 Å². The molecule has 1 aromatic carbocycles. The van der Waals surface area contributed by atoms with Crippen molar-refractivity contribution < 1.29 is 0 Å². The van der Waals surface area contributed by atoms with Crippen molar-refractivity contribution in [2.24, 2.45) is 11.8 Å². The van der Waals surface area contributed by atoms with Crippen molar-refractivity contribution in [1.82, 2.24) is 0 Å². The fourth-order valence-electron chi connectivity index (χ4n) is 4.05. The maximum absolute atomic E-state index is 2.56. The first-order valence-electron chi connectivity index (χ1n) is 8.38. The first-order valence-corrected chi connectivity index (χ1v) is 8.38. The van der Waals surface area contributed by atoms with E-state index < -0.39 is 0 Å². The minimum absolute atomic E-state index is 0.852. The van der Waals surface area contributed by atoms with Gasteiger partial charge in [-0.05, 0) is 66.5 Å². The Hall–Kier alpha value is -0.780. The minimum Gasteiger partial charge on any atom is -0.0651 e. The average molecular weight is 256 g/mol. The third-order valence-electron chi connectivity index (χ3n) is 5.63. The summed E-state index contributed by atoms with van der Waals surface area (Å²) in [6, 6.07) is 7.45. The molecule has 1 saturated carbocycles. The van der Waals surface area contributed by atoms with Crippen LogP contribution in [0, 0.1) is 11.8 Å². The lowest BCUT2D eigenvalue weighted by Crippen LogP contribution is -2.15. The summed E-state index contributed by atoms with van der Waals surface area (Å²) in [5.74, 6) is 2.75. The summed E-state index contributed by atoms with van der Waals surface area (Å²) in [5, 5.41) is 0. The molecule has 0 spiro atoms. The monoisotopic (exact) mass is 256 g/mol. The van der Waals surface area contributed by atoms with Crippen LogP contribution in [0.1, 0.15) is 75.0 Å². The van der Waals surface area contributed by atoms with E-state index in [1.54, 1.807) is 16.7 Å². The molecule has 104 valence electrons. The second-order valence-electron chi connectivity index (χ2n) is 7.00. The van der Waals surface area contributed by atoms with Gasteiger partial charge in [-0.3, -0.25) is 0 Å². The molecule has 0 heteroatoms. The standard InChI is InChI=1S/C19H28/c1-3-15-6-9-19-13-18(11-10-17(19)12-15)16-7-4-14(2)5-8-16/h10-11,13-16H,3-9,12H2,1-2H3. The van der Waals surface area contributed by atoms with E-state index in [0.29, 0.717) is 0 Å². The summed E-state index contributed by atoms with van der Waals surface area (Å²) in [5.41, 5.74) is 4.95. The molecule has 0 radical (unpaired) electrons. The molecule has 3 rings (SSSR count). The second-order valence-corrected chi connectivity index (χ2v) is 7.00. The van der Waals surface area contributed by atoms with Gasteiger partial charge in [0.05, 0.1) is 0 Å². The molecule has 19 heavy (non-hydrogen) atoms. The van der Waals surface area contributed by atoms with Crippen LogP contribution in [-0.4, -0.2) is 0 Å². The molecule has 1 fully saturated rings. The fourth-order valence-corrected chi connectivity index (χ4v) is 4.05. The van der Waals surface area contributed by atoms with Crippen molar-refractivity contribution in [2.75, 3.05) is 0 Å². The molecule has 0 N–H and O–H groups in total. The van der Waals surface area contributed by atoms with Gasteiger partial charge in [0.2, 0.25) is 0 Å². The van der Waals surface area contributed by atoms with E-state index in [0.717, 1.165) is 17.8 Å². The van der Waals surface area contributed by atoms with Gasteiger partial charge in [0.1, 0.15) is 0 Å². The van der Waals surface area contributed by atoms with Gasteiger partial charge in [-0.25, -0.2) is 0 Å². The maximum atomic E-state index is 2.56. The van der Waals surface area contributed by atoms with E-state index in [2.05, 4.69) is 32.0 Å². The van der Waals surface area contributed by atoms with Crippen LogP contribution in [0.5, 0.6) is 0 Å². The number of rotatable bonds is 2. The largest absolute Gasteiger partial charge is 0.0651 e. The van der Waals surface area contributed by atoms with Gasteiger partial charge < -0.3 is 0 Å². The van der Waals surface area contributed by atoms with E-state index in [4.69, 9.17) is 0 Å². The summed E-state index contributed by atoms with van der Waals surface area (Å²) in [7, 11) is 0. The third kappa shape index (κ3) is 2.88. The highest BCUT2D eigenvalue weighted by atomic mass is 14.3. The van der Waals surface area contributed by atoms with Crippen LogP contribution >= 0.6 is 0 Å². The Morgan fingerprint density at radius 3 is 2.53 bits per heavy atom. The molecule has 1 atom stereocenters. The second kappa shape index (κ2) is 5.69. The number of fused-ring (bicyclic) bond motifs is 1. The molecule has 0 bridgehead atoms. The highest BCUT2D eigenvalue weighted by Gasteiger charge is 2.22. The number of benzene rings is 1. The van der Waals surface area contributed by atoms with Crippen LogP contribution < -0.4 is 0 Å². The zero-order chi connectivity index (χ0) is 13.2. The summed E-state index contributed by atoms with van der Waals surface area (Å²) < 4.78 is 0. The lowest BCUT2D eigenvalue weighted by molar-refractivity contribution is 0.347. The predicted molar refractivity (Wildman–Crippen MR) is 82.6 cm³/mol. The number of aryl methyl sites for hydroxylation is 1. The van der Waals surface area contributed by atoms with E-state index in [1.807, 2.05) is 0 Å². The lowest BCUT2D eigenvalue weighted by atomic mass is 9.77. The Labute approximate surface area is 118 Å². The van der Waals surface area contributed by atoms with Gasteiger partial charge in [0.15, 0.2) is 0 Å². The van der Waals surface area contributed by atoms with Gasteiger partial charge in [0.25, 0.3) is 0 Å². The Kier molecular flexibility index (Phi) is 3.96. The van der Waals surface area contributed by atoms with Crippen molar-refractivity contribution in [3.05, 3.63) is 34.9 Å². The molecule has 0 amide bonds. The van der Waals surface area contributed by atoms with Gasteiger partial charge in [-0.2, -0.15) is 0 Å². The molecule has 2 aliphatic rings. The smallest absolute Gasteiger partial charge is 0.0162 e. The summed E-state index contributed by atoms with van der Waals surface area (Å²) in [6.45, 7) is 4.75. The van der Waals surface area contributed by atoms with Crippen molar-refractivity contribution in [1.29, 1.82) is 0 Å². The Balaban J connectivity index is 1.75. The van der Waals surface area contributed by atoms with Crippen molar-refractivity contribution in [2.45, 2.75) is 71.1 Å². The number of hydrogen-bond donors (Lipinski definition) is 0. The van der Waals surface area contributed by atoms with E-state index in [-0.39, 0.29) is 0 Å². The Morgan fingerprint density at radius 2 is 1.79 bits per heavy atom. The van der Waals surface area contributed by atoms with Gasteiger partial charge >= 0.3 is 0 Å². The van der Waals surface area contributed by atoms with Crippen LogP contribution in [0.4, 0.5) is 0 Å². The minimum atomic E-state index is 0.852. The zero-order valence-electron chi connectivity index (χ0n) is 12.6. The molecule has 1 unspecified atom stereocenters. The highest BCUT2D eigenvalue weighted by Crippen LogP contribution is 2.37. The molecule has 0 nitrogen and oxygen atoms in total. The SMILES string of the molecule is CCC1CCc2cc(C3CCC(C)CC3)ccc2C1. The van der Waals surface area contributed by atoms with E-state index in [9.17, 15) is 0 Å². The molecular weight excluding hydrogens is 228 g/mol. The van der Waals surface area contributed by atoms with Crippen LogP contribution in [0.15, 0.2) is 18.2 Å². The summed E-state index contributed by atoms with van der Waals surface area (Å²) >= 11 is 0. The molecule has 0 aromatic heterocycles. The van der Waals surface area contributed by atoms with Crippen molar-refractivity contribution in [3.8, 4) is 0 Å². The molecule has 2 aliphatic carbocycles. The Morgan fingerprint density at radius 1 is 1.00 bits per heavy atom. The fraction of sp³-hybridized carbons (Fsp3) is 0.684. The molecule has 0 aliphatic heterocycles.